The Balaban J connectivity index is 5.88. The van der Waals surface area contributed by atoms with Gasteiger partial charge in [-0.05, 0) is 6.92 Å². The number of ether oxygens (including phenoxy) is 1. The summed E-state index contributed by atoms with van der Waals surface area (Å²) >= 11 is 0. The predicted octanol–water partition coefficient (Wildman–Crippen LogP) is 4.42. The first kappa shape index (κ1) is 20.1. The van der Waals surface area contributed by atoms with Crippen molar-refractivity contribution >= 4 is 0 Å². The van der Waals surface area contributed by atoms with Gasteiger partial charge in [0.05, 0.1) is 0 Å². The van der Waals surface area contributed by atoms with Gasteiger partial charge in [0, 0.05) is 6.61 Å². The smallest absolute Gasteiger partial charge is 0.344 e. The van der Waals surface area contributed by atoms with Gasteiger partial charge in [0.1, 0.15) is 0 Å². The molecular formula is C8H6F12O. The maximum absolute atomic E-state index is 12.8. The average molecular weight is 346 g/mol. The van der Waals surface area contributed by atoms with E-state index < -0.39 is 42.8 Å². The summed E-state index contributed by atoms with van der Waals surface area (Å²) in [6.07, 6.45) is -11.8. The molecule has 0 N–H and O–H groups in total. The summed E-state index contributed by atoms with van der Waals surface area (Å²) < 4.78 is 152. The Bertz CT molecular complexity index is 359. The molecule has 0 aliphatic heterocycles. The molecule has 0 rings (SSSR count). The molecule has 0 saturated heterocycles. The van der Waals surface area contributed by atoms with Crippen molar-refractivity contribution in [2.24, 2.45) is 0 Å². The van der Waals surface area contributed by atoms with E-state index in [4.69, 9.17) is 0 Å². The second-order valence-corrected chi connectivity index (χ2v) is 3.62. The molecule has 0 aromatic heterocycles. The predicted molar refractivity (Wildman–Crippen MR) is 42.4 cm³/mol. The largest absolute Gasteiger partial charge is 0.460 e. The third kappa shape index (κ3) is 2.88. The molecule has 1 atom stereocenters. The zero-order valence-corrected chi connectivity index (χ0v) is 9.73. The summed E-state index contributed by atoms with van der Waals surface area (Å²) in [7, 11) is 0. The molecule has 0 aliphatic rings. The maximum atomic E-state index is 12.8. The topological polar surface area (TPSA) is 9.23 Å². The van der Waals surface area contributed by atoms with Gasteiger partial charge >= 0.3 is 29.9 Å². The van der Waals surface area contributed by atoms with Gasteiger partial charge in [-0.15, -0.1) is 0 Å². The lowest BCUT2D eigenvalue weighted by atomic mass is 9.98. The number of hydrogen-bond acceptors (Lipinski definition) is 1. The van der Waals surface area contributed by atoms with Gasteiger partial charge in [0.2, 0.25) is 0 Å². The van der Waals surface area contributed by atoms with Crippen molar-refractivity contribution in [3.8, 4) is 0 Å². The quantitative estimate of drug-likeness (QED) is 0.647. The lowest BCUT2D eigenvalue weighted by Gasteiger charge is -2.37. The van der Waals surface area contributed by atoms with Crippen molar-refractivity contribution in [1.29, 1.82) is 0 Å². The molecule has 1 unspecified atom stereocenters. The highest BCUT2D eigenvalue weighted by Gasteiger charge is 2.88. The molecule has 0 fully saturated rings. The standard InChI is InChI=1S/C8H6F12O/c1-2-21-3(9)4(10,11)5(12,13)6(14,15)7(16,17)8(18,19)20/h3H,2H2,1H3. The summed E-state index contributed by atoms with van der Waals surface area (Å²) in [6, 6.07) is 0. The first-order valence-corrected chi connectivity index (χ1v) is 4.82. The van der Waals surface area contributed by atoms with Crippen LogP contribution in [0.4, 0.5) is 52.7 Å². The van der Waals surface area contributed by atoms with Gasteiger partial charge in [-0.3, -0.25) is 0 Å². The molecular weight excluding hydrogens is 340 g/mol. The number of halogens is 12. The van der Waals surface area contributed by atoms with E-state index in [1.165, 1.54) is 0 Å². The Kier molecular flexibility index (Phi) is 5.17. The highest BCUT2D eigenvalue weighted by Crippen LogP contribution is 2.58. The molecule has 0 aliphatic carbocycles. The molecule has 0 aromatic carbocycles. The van der Waals surface area contributed by atoms with E-state index in [2.05, 4.69) is 4.74 Å². The van der Waals surface area contributed by atoms with Crippen LogP contribution in [0.15, 0.2) is 0 Å². The van der Waals surface area contributed by atoms with E-state index in [-0.39, 0.29) is 0 Å². The van der Waals surface area contributed by atoms with E-state index in [1.54, 1.807) is 0 Å². The van der Waals surface area contributed by atoms with Crippen LogP contribution in [0.1, 0.15) is 6.92 Å². The van der Waals surface area contributed by atoms with E-state index in [1.807, 2.05) is 0 Å². The van der Waals surface area contributed by atoms with Crippen molar-refractivity contribution in [3.63, 3.8) is 0 Å². The molecule has 0 heterocycles. The van der Waals surface area contributed by atoms with Crippen LogP contribution < -0.4 is 0 Å². The van der Waals surface area contributed by atoms with Gasteiger partial charge in [-0.1, -0.05) is 0 Å². The molecule has 0 spiro atoms. The van der Waals surface area contributed by atoms with Crippen molar-refractivity contribution in [3.05, 3.63) is 0 Å². The van der Waals surface area contributed by atoms with Crippen LogP contribution in [0.25, 0.3) is 0 Å². The molecule has 0 bridgehead atoms. The van der Waals surface area contributed by atoms with Gasteiger partial charge in [0.25, 0.3) is 6.36 Å². The van der Waals surface area contributed by atoms with Crippen molar-refractivity contribution < 1.29 is 57.4 Å². The monoisotopic (exact) mass is 346 g/mol. The summed E-state index contributed by atoms with van der Waals surface area (Å²) in [5.41, 5.74) is 0. The zero-order valence-electron chi connectivity index (χ0n) is 9.73. The first-order chi connectivity index (χ1) is 8.98. The van der Waals surface area contributed by atoms with Gasteiger partial charge in [-0.2, -0.15) is 48.3 Å². The first-order valence-electron chi connectivity index (χ1n) is 4.82. The molecule has 0 radical (unpaired) electrons. The normalized spacial score (nSPS) is 17.0. The summed E-state index contributed by atoms with van der Waals surface area (Å²) in [5, 5.41) is 0. The fraction of sp³-hybridized carbons (Fsp3) is 1.00. The fourth-order valence-electron chi connectivity index (χ4n) is 0.978. The van der Waals surface area contributed by atoms with E-state index in [0.717, 1.165) is 6.92 Å². The summed E-state index contributed by atoms with van der Waals surface area (Å²) in [4.78, 5) is 0. The molecule has 21 heavy (non-hydrogen) atoms. The minimum Gasteiger partial charge on any atom is -0.344 e. The van der Waals surface area contributed by atoms with Crippen LogP contribution in [-0.4, -0.2) is 42.8 Å². The number of hydrogen-bond donors (Lipinski definition) is 0. The van der Waals surface area contributed by atoms with Crippen LogP contribution in [0, 0.1) is 0 Å². The van der Waals surface area contributed by atoms with Gasteiger partial charge < -0.3 is 4.74 Å². The minimum atomic E-state index is -7.62. The van der Waals surface area contributed by atoms with Gasteiger partial charge in [0.15, 0.2) is 0 Å². The Morgan fingerprint density at radius 1 is 0.714 bits per heavy atom. The number of rotatable bonds is 6. The minimum absolute atomic E-state index is 0.753. The van der Waals surface area contributed by atoms with Crippen molar-refractivity contribution in [2.45, 2.75) is 43.1 Å². The number of alkyl halides is 12. The third-order valence-electron chi connectivity index (χ3n) is 2.16. The Hall–Kier alpha value is -0.880. The molecule has 0 amide bonds. The molecule has 1 nitrogen and oxygen atoms in total. The van der Waals surface area contributed by atoms with E-state index in [0.29, 0.717) is 0 Å². The van der Waals surface area contributed by atoms with Crippen molar-refractivity contribution in [1.82, 2.24) is 0 Å². The lowest BCUT2D eigenvalue weighted by Crippen LogP contribution is -2.68. The van der Waals surface area contributed by atoms with E-state index in [9.17, 15) is 52.7 Å². The SMILES string of the molecule is CCOC(F)C(F)(F)C(F)(F)C(F)(F)C(F)(F)C(F)(F)F. The molecule has 13 heteroatoms. The second-order valence-electron chi connectivity index (χ2n) is 3.62. The van der Waals surface area contributed by atoms with E-state index >= 15 is 0 Å². The average Bonchev–Trinajstić information content (AvgIpc) is 2.26. The lowest BCUT2D eigenvalue weighted by molar-refractivity contribution is -0.434. The fourth-order valence-corrected chi connectivity index (χ4v) is 0.978. The highest BCUT2D eigenvalue weighted by atomic mass is 19.4. The van der Waals surface area contributed by atoms with Crippen molar-refractivity contribution in [2.75, 3.05) is 6.61 Å². The van der Waals surface area contributed by atoms with Crippen LogP contribution in [-0.2, 0) is 4.74 Å². The van der Waals surface area contributed by atoms with Crippen LogP contribution >= 0.6 is 0 Å². The summed E-state index contributed by atoms with van der Waals surface area (Å²) in [6.45, 7) is -0.308. The maximum Gasteiger partial charge on any atom is 0.460 e. The van der Waals surface area contributed by atoms with Crippen LogP contribution in [0.2, 0.25) is 0 Å². The van der Waals surface area contributed by atoms with Crippen LogP contribution in [0.3, 0.4) is 0 Å². The Morgan fingerprint density at radius 2 is 1.10 bits per heavy atom. The molecule has 0 saturated carbocycles. The summed E-state index contributed by atoms with van der Waals surface area (Å²) in [5.74, 6) is -29.2. The molecule has 0 aromatic rings. The molecule has 128 valence electrons. The highest BCUT2D eigenvalue weighted by molar-refractivity contribution is 5.07. The van der Waals surface area contributed by atoms with Crippen LogP contribution in [0.5, 0.6) is 0 Å². The Morgan fingerprint density at radius 3 is 1.38 bits per heavy atom. The van der Waals surface area contributed by atoms with Gasteiger partial charge in [-0.25, -0.2) is 4.39 Å². The third-order valence-corrected chi connectivity index (χ3v) is 2.16. The zero-order chi connectivity index (χ0) is 17.5. The second kappa shape index (κ2) is 5.39. The Labute approximate surface area is 108 Å².